The first-order valence-electron chi connectivity index (χ1n) is 10.1. The lowest BCUT2D eigenvalue weighted by Gasteiger charge is -2.16. The molecule has 0 bridgehead atoms. The third-order valence-corrected chi connectivity index (χ3v) is 5.58. The molecule has 2 nitrogen and oxygen atoms in total. The van der Waals surface area contributed by atoms with Crippen molar-refractivity contribution in [2.24, 2.45) is 0 Å². The van der Waals surface area contributed by atoms with Crippen LogP contribution in [0.25, 0.3) is 10.8 Å². The van der Waals surface area contributed by atoms with Crippen LogP contribution in [-0.2, 0) is 19.6 Å². The molecule has 0 fully saturated rings. The van der Waals surface area contributed by atoms with Crippen LogP contribution in [0, 0.1) is 11.6 Å². The molecular formula is C26H22ClF2NO. The molecule has 4 aromatic carbocycles. The minimum Gasteiger partial charge on any atom is -0.488 e. The molecule has 0 radical (unpaired) electrons. The SMILES string of the molecule is Fc1ccc(COc2ccc3ccccc3c2CNCCc2ccccc2F)c(Cl)c1. The average Bonchev–Trinajstić information content (AvgIpc) is 2.77. The van der Waals surface area contributed by atoms with Gasteiger partial charge in [0, 0.05) is 17.7 Å². The van der Waals surface area contributed by atoms with E-state index in [9.17, 15) is 8.78 Å². The highest BCUT2D eigenvalue weighted by atomic mass is 35.5. The Balaban J connectivity index is 1.50. The summed E-state index contributed by atoms with van der Waals surface area (Å²) in [6, 6.07) is 23.2. The smallest absolute Gasteiger partial charge is 0.126 e. The summed E-state index contributed by atoms with van der Waals surface area (Å²) >= 11 is 6.14. The summed E-state index contributed by atoms with van der Waals surface area (Å²) in [6.45, 7) is 1.44. The van der Waals surface area contributed by atoms with Gasteiger partial charge in [-0.1, -0.05) is 66.2 Å². The van der Waals surface area contributed by atoms with Gasteiger partial charge in [-0.05, 0) is 53.6 Å². The second-order valence-electron chi connectivity index (χ2n) is 7.31. The highest BCUT2D eigenvalue weighted by molar-refractivity contribution is 6.31. The minimum absolute atomic E-state index is 0.186. The van der Waals surface area contributed by atoms with E-state index >= 15 is 0 Å². The van der Waals surface area contributed by atoms with Gasteiger partial charge in [-0.2, -0.15) is 0 Å². The Morgan fingerprint density at radius 2 is 1.65 bits per heavy atom. The van der Waals surface area contributed by atoms with E-state index in [2.05, 4.69) is 17.4 Å². The number of halogens is 3. The molecule has 0 spiro atoms. The fraction of sp³-hybridized carbons (Fsp3) is 0.154. The zero-order chi connectivity index (χ0) is 21.6. The number of fused-ring (bicyclic) bond motifs is 1. The zero-order valence-electron chi connectivity index (χ0n) is 16.9. The lowest BCUT2D eigenvalue weighted by molar-refractivity contribution is 0.302. The number of hydrogen-bond acceptors (Lipinski definition) is 2. The predicted molar refractivity (Wildman–Crippen MR) is 122 cm³/mol. The largest absolute Gasteiger partial charge is 0.488 e. The molecule has 0 saturated heterocycles. The first-order chi connectivity index (χ1) is 15.1. The molecule has 0 unspecified atom stereocenters. The maximum Gasteiger partial charge on any atom is 0.126 e. The van der Waals surface area contributed by atoms with E-state index in [0.29, 0.717) is 30.1 Å². The van der Waals surface area contributed by atoms with Crippen LogP contribution in [0.1, 0.15) is 16.7 Å². The molecule has 0 aliphatic carbocycles. The molecule has 0 aliphatic rings. The van der Waals surface area contributed by atoms with Crippen molar-refractivity contribution in [3.8, 4) is 5.75 Å². The molecule has 0 atom stereocenters. The van der Waals surface area contributed by atoms with Crippen molar-refractivity contribution in [2.45, 2.75) is 19.6 Å². The number of nitrogens with one attached hydrogen (secondary N) is 1. The van der Waals surface area contributed by atoms with Gasteiger partial charge in [-0.15, -0.1) is 0 Å². The van der Waals surface area contributed by atoms with Crippen molar-refractivity contribution in [2.75, 3.05) is 6.54 Å². The lowest BCUT2D eigenvalue weighted by Crippen LogP contribution is -2.18. The number of hydrogen-bond donors (Lipinski definition) is 1. The van der Waals surface area contributed by atoms with E-state index in [1.807, 2.05) is 30.3 Å². The Bertz CT molecular complexity index is 1200. The Morgan fingerprint density at radius 1 is 0.839 bits per heavy atom. The topological polar surface area (TPSA) is 21.3 Å². The Hall–Kier alpha value is -2.95. The van der Waals surface area contributed by atoms with Gasteiger partial charge in [0.05, 0.1) is 5.02 Å². The highest BCUT2D eigenvalue weighted by Gasteiger charge is 2.11. The number of ether oxygens (including phenoxy) is 1. The van der Waals surface area contributed by atoms with Gasteiger partial charge in [0.15, 0.2) is 0 Å². The predicted octanol–water partition coefficient (Wildman–Crippen LogP) is 6.68. The molecule has 0 aliphatic heterocycles. The maximum absolute atomic E-state index is 13.8. The van der Waals surface area contributed by atoms with Crippen molar-refractivity contribution < 1.29 is 13.5 Å². The normalized spacial score (nSPS) is 11.1. The Kier molecular flexibility index (Phi) is 6.80. The summed E-state index contributed by atoms with van der Waals surface area (Å²) in [5, 5.41) is 5.94. The van der Waals surface area contributed by atoms with E-state index < -0.39 is 0 Å². The van der Waals surface area contributed by atoms with Crippen LogP contribution in [0.15, 0.2) is 78.9 Å². The van der Waals surface area contributed by atoms with Gasteiger partial charge in [0.2, 0.25) is 0 Å². The van der Waals surface area contributed by atoms with Crippen LogP contribution in [0.4, 0.5) is 8.78 Å². The monoisotopic (exact) mass is 437 g/mol. The fourth-order valence-corrected chi connectivity index (χ4v) is 3.79. The lowest BCUT2D eigenvalue weighted by atomic mass is 10.0. The summed E-state index contributed by atoms with van der Waals surface area (Å²) in [5.41, 5.74) is 2.43. The van der Waals surface area contributed by atoms with Crippen molar-refractivity contribution in [1.82, 2.24) is 5.32 Å². The quantitative estimate of drug-likeness (QED) is 0.310. The van der Waals surface area contributed by atoms with Gasteiger partial charge < -0.3 is 10.1 Å². The van der Waals surface area contributed by atoms with Crippen molar-refractivity contribution >= 4 is 22.4 Å². The van der Waals surface area contributed by atoms with Crippen LogP contribution in [-0.4, -0.2) is 6.54 Å². The summed E-state index contributed by atoms with van der Waals surface area (Å²) in [6.07, 6.45) is 0.596. The molecular weight excluding hydrogens is 416 g/mol. The van der Waals surface area contributed by atoms with E-state index in [4.69, 9.17) is 16.3 Å². The maximum atomic E-state index is 13.8. The molecule has 0 aromatic heterocycles. The number of benzene rings is 4. The second-order valence-corrected chi connectivity index (χ2v) is 7.71. The molecule has 31 heavy (non-hydrogen) atoms. The second kappa shape index (κ2) is 9.90. The molecule has 4 rings (SSSR count). The van der Waals surface area contributed by atoms with E-state index in [1.54, 1.807) is 18.2 Å². The molecule has 158 valence electrons. The van der Waals surface area contributed by atoms with Crippen molar-refractivity contribution in [3.63, 3.8) is 0 Å². The number of rotatable bonds is 8. The third-order valence-electron chi connectivity index (χ3n) is 5.23. The molecule has 4 aromatic rings. The zero-order valence-corrected chi connectivity index (χ0v) is 17.6. The van der Waals surface area contributed by atoms with Crippen LogP contribution >= 0.6 is 11.6 Å². The van der Waals surface area contributed by atoms with Gasteiger partial charge >= 0.3 is 0 Å². The van der Waals surface area contributed by atoms with Crippen LogP contribution < -0.4 is 10.1 Å². The van der Waals surface area contributed by atoms with Crippen LogP contribution in [0.3, 0.4) is 0 Å². The molecule has 1 N–H and O–H groups in total. The fourth-order valence-electron chi connectivity index (χ4n) is 3.57. The molecule has 5 heteroatoms. The molecule has 0 heterocycles. The van der Waals surface area contributed by atoms with Gasteiger partial charge in [0.1, 0.15) is 24.0 Å². The first kappa shape index (κ1) is 21.3. The van der Waals surface area contributed by atoms with Crippen molar-refractivity contribution in [3.05, 3.63) is 112 Å². The van der Waals surface area contributed by atoms with E-state index in [0.717, 1.165) is 27.6 Å². The standard InChI is InChI=1S/C26H22ClF2NO/c27-24-15-21(28)11-9-20(24)17-31-26-12-10-18-5-1-3-7-22(18)23(26)16-30-14-13-19-6-2-4-8-25(19)29/h1-12,15,30H,13-14,16-17H2. The van der Waals surface area contributed by atoms with Crippen LogP contribution in [0.2, 0.25) is 5.02 Å². The summed E-state index contributed by atoms with van der Waals surface area (Å²) in [7, 11) is 0. The minimum atomic E-state index is -0.376. The Morgan fingerprint density at radius 3 is 2.48 bits per heavy atom. The first-order valence-corrected chi connectivity index (χ1v) is 10.5. The van der Waals surface area contributed by atoms with Gasteiger partial charge in [-0.3, -0.25) is 0 Å². The summed E-state index contributed by atoms with van der Waals surface area (Å²) in [5.74, 6) is 0.173. The third kappa shape index (κ3) is 5.22. The summed E-state index contributed by atoms with van der Waals surface area (Å²) < 4.78 is 33.2. The van der Waals surface area contributed by atoms with E-state index in [1.165, 1.54) is 18.2 Å². The van der Waals surface area contributed by atoms with E-state index in [-0.39, 0.29) is 18.2 Å². The highest BCUT2D eigenvalue weighted by Crippen LogP contribution is 2.29. The molecule has 0 amide bonds. The van der Waals surface area contributed by atoms with Crippen molar-refractivity contribution in [1.29, 1.82) is 0 Å². The van der Waals surface area contributed by atoms with Gasteiger partial charge in [-0.25, -0.2) is 8.78 Å². The average molecular weight is 438 g/mol. The summed E-state index contributed by atoms with van der Waals surface area (Å²) in [4.78, 5) is 0. The van der Waals surface area contributed by atoms with Gasteiger partial charge in [0.25, 0.3) is 0 Å². The Labute approximate surface area is 185 Å². The van der Waals surface area contributed by atoms with Crippen LogP contribution in [0.5, 0.6) is 5.75 Å². The molecule has 0 saturated carbocycles.